The number of carbonyl (C=O) groups excluding carboxylic acids is 1. The highest BCUT2D eigenvalue weighted by atomic mass is 35.5. The van der Waals surface area contributed by atoms with Crippen LogP contribution in [0.4, 0.5) is 0 Å². The molecule has 0 aliphatic heterocycles. The Labute approximate surface area is 127 Å². The molecule has 0 aliphatic carbocycles. The monoisotopic (exact) mass is 306 g/mol. The molecule has 2 aromatic rings. The number of esters is 1. The average Bonchev–Trinajstić information content (AvgIpc) is 2.37. The summed E-state index contributed by atoms with van der Waals surface area (Å²) < 4.78 is 10.4. The highest BCUT2D eigenvalue weighted by Gasteiger charge is 2.20. The van der Waals surface area contributed by atoms with E-state index in [2.05, 4.69) is 0 Å². The molecule has 21 heavy (non-hydrogen) atoms. The molecule has 0 bridgehead atoms. The highest BCUT2D eigenvalue weighted by Crippen LogP contribution is 2.26. The topological polar surface area (TPSA) is 56.5 Å². The minimum absolute atomic E-state index is 0.247. The molecule has 0 N–H and O–H groups in total. The lowest BCUT2D eigenvalue weighted by Gasteiger charge is -2.16. The van der Waals surface area contributed by atoms with Gasteiger partial charge in [-0.05, 0) is 32.4 Å². The molecular weight excluding hydrogens is 292 g/mol. The molecule has 1 heterocycles. The van der Waals surface area contributed by atoms with Gasteiger partial charge in [0.1, 0.15) is 17.4 Å². The van der Waals surface area contributed by atoms with Gasteiger partial charge in [0.25, 0.3) is 0 Å². The van der Waals surface area contributed by atoms with Crippen LogP contribution >= 0.6 is 11.6 Å². The van der Waals surface area contributed by atoms with Gasteiger partial charge < -0.3 is 9.15 Å². The Kier molecular flexibility index (Phi) is 4.48. The Bertz CT molecular complexity index is 707. The van der Waals surface area contributed by atoms with Crippen molar-refractivity contribution in [3.05, 3.63) is 68.2 Å². The summed E-state index contributed by atoms with van der Waals surface area (Å²) in [5.74, 6) is -0.294. The van der Waals surface area contributed by atoms with Crippen molar-refractivity contribution in [2.45, 2.75) is 26.9 Å². The van der Waals surface area contributed by atoms with E-state index in [-0.39, 0.29) is 11.3 Å². The third kappa shape index (κ3) is 3.34. The Hall–Kier alpha value is -2.07. The van der Waals surface area contributed by atoms with Gasteiger partial charge in [-0.15, -0.1) is 0 Å². The first-order valence-electron chi connectivity index (χ1n) is 6.47. The summed E-state index contributed by atoms with van der Waals surface area (Å²) in [6.07, 6.45) is -0.503. The van der Waals surface area contributed by atoms with Crippen molar-refractivity contribution in [2.24, 2.45) is 0 Å². The van der Waals surface area contributed by atoms with Gasteiger partial charge in [-0.1, -0.05) is 29.8 Å². The molecule has 0 aliphatic rings. The summed E-state index contributed by atoms with van der Waals surface area (Å²) >= 11 is 6.08. The lowest BCUT2D eigenvalue weighted by atomic mass is 10.1. The van der Waals surface area contributed by atoms with Crippen LogP contribution in [0.2, 0.25) is 5.02 Å². The number of rotatable bonds is 3. The predicted molar refractivity (Wildman–Crippen MR) is 79.7 cm³/mol. The summed E-state index contributed by atoms with van der Waals surface area (Å²) in [5.41, 5.74) is 1.04. The van der Waals surface area contributed by atoms with Crippen molar-refractivity contribution in [2.75, 3.05) is 0 Å². The van der Waals surface area contributed by atoms with E-state index >= 15 is 0 Å². The summed E-state index contributed by atoms with van der Waals surface area (Å²) in [7, 11) is 0. The third-order valence-electron chi connectivity index (χ3n) is 3.17. The van der Waals surface area contributed by atoms with E-state index in [9.17, 15) is 9.59 Å². The molecule has 5 heteroatoms. The third-order valence-corrected chi connectivity index (χ3v) is 3.51. The lowest BCUT2D eigenvalue weighted by molar-refractivity contribution is 0.0332. The van der Waals surface area contributed by atoms with E-state index in [1.807, 2.05) is 6.07 Å². The Balaban J connectivity index is 2.27. The van der Waals surface area contributed by atoms with Crippen LogP contribution in [0.3, 0.4) is 0 Å². The molecule has 1 aromatic carbocycles. The maximum atomic E-state index is 12.3. The molecule has 0 fully saturated rings. The number of ether oxygens (including phenoxy) is 1. The van der Waals surface area contributed by atoms with Crippen LogP contribution in [0.5, 0.6) is 0 Å². The molecule has 0 radical (unpaired) electrons. The van der Waals surface area contributed by atoms with Gasteiger partial charge in [-0.25, -0.2) is 9.59 Å². The second-order valence-corrected chi connectivity index (χ2v) is 5.16. The fraction of sp³-hybridized carbons (Fsp3) is 0.250. The summed E-state index contributed by atoms with van der Waals surface area (Å²) in [5, 5.41) is 0.533. The fourth-order valence-corrected chi connectivity index (χ4v) is 2.44. The molecule has 1 unspecified atom stereocenters. The van der Waals surface area contributed by atoms with Gasteiger partial charge in [-0.3, -0.25) is 0 Å². The van der Waals surface area contributed by atoms with Crippen LogP contribution in [0.25, 0.3) is 0 Å². The van der Waals surface area contributed by atoms with Crippen LogP contribution in [0, 0.1) is 13.8 Å². The van der Waals surface area contributed by atoms with Gasteiger partial charge in [0, 0.05) is 16.7 Å². The minimum atomic E-state index is -0.541. The van der Waals surface area contributed by atoms with Crippen LogP contribution in [-0.2, 0) is 4.74 Å². The first-order chi connectivity index (χ1) is 9.90. The number of benzene rings is 1. The van der Waals surface area contributed by atoms with E-state index in [0.717, 1.165) is 5.56 Å². The fourth-order valence-electron chi connectivity index (χ4n) is 2.15. The standard InChI is InChI=1S/C16H15ClO4/c1-9-8-14(18)20-11(3)15(9)16(19)21-10(2)12-6-4-5-7-13(12)17/h4-8,10H,1-3H3. The van der Waals surface area contributed by atoms with E-state index in [1.54, 1.807) is 39.0 Å². The molecule has 0 amide bonds. The van der Waals surface area contributed by atoms with E-state index in [4.69, 9.17) is 20.8 Å². The first kappa shape index (κ1) is 15.3. The zero-order valence-corrected chi connectivity index (χ0v) is 12.7. The van der Waals surface area contributed by atoms with Gasteiger partial charge in [0.15, 0.2) is 0 Å². The molecule has 1 atom stereocenters. The largest absolute Gasteiger partial charge is 0.454 e. The van der Waals surface area contributed by atoms with E-state index in [0.29, 0.717) is 10.6 Å². The first-order valence-corrected chi connectivity index (χ1v) is 6.84. The molecule has 0 saturated heterocycles. The van der Waals surface area contributed by atoms with Gasteiger partial charge in [0.05, 0.1) is 0 Å². The Morgan fingerprint density at radius 2 is 1.95 bits per heavy atom. The molecule has 4 nitrogen and oxygen atoms in total. The smallest absolute Gasteiger partial charge is 0.342 e. The minimum Gasteiger partial charge on any atom is -0.454 e. The zero-order valence-electron chi connectivity index (χ0n) is 12.0. The molecule has 1 aromatic heterocycles. The Morgan fingerprint density at radius 1 is 1.29 bits per heavy atom. The molecular formula is C16H15ClO4. The maximum absolute atomic E-state index is 12.3. The van der Waals surface area contributed by atoms with Crippen LogP contribution in [0.15, 0.2) is 39.5 Å². The second-order valence-electron chi connectivity index (χ2n) is 4.75. The van der Waals surface area contributed by atoms with Crippen molar-refractivity contribution >= 4 is 17.6 Å². The molecule has 2 rings (SSSR count). The molecule has 110 valence electrons. The molecule has 0 saturated carbocycles. The number of carbonyl (C=O) groups is 1. The van der Waals surface area contributed by atoms with Crippen LogP contribution < -0.4 is 5.63 Å². The average molecular weight is 307 g/mol. The van der Waals surface area contributed by atoms with Crippen LogP contribution in [0.1, 0.15) is 40.3 Å². The van der Waals surface area contributed by atoms with Gasteiger partial charge in [0.2, 0.25) is 0 Å². The maximum Gasteiger partial charge on any atom is 0.342 e. The number of hydrogen-bond donors (Lipinski definition) is 0. The summed E-state index contributed by atoms with van der Waals surface area (Å²) in [4.78, 5) is 23.5. The van der Waals surface area contributed by atoms with Crippen molar-refractivity contribution in [3.8, 4) is 0 Å². The van der Waals surface area contributed by atoms with Gasteiger partial charge >= 0.3 is 11.6 Å². The quantitative estimate of drug-likeness (QED) is 0.809. The summed E-state index contributed by atoms with van der Waals surface area (Å²) in [6, 6.07) is 8.43. The lowest BCUT2D eigenvalue weighted by Crippen LogP contribution is -2.15. The Morgan fingerprint density at radius 3 is 2.57 bits per heavy atom. The van der Waals surface area contributed by atoms with Crippen molar-refractivity contribution in [1.29, 1.82) is 0 Å². The van der Waals surface area contributed by atoms with Gasteiger partial charge in [-0.2, -0.15) is 0 Å². The van der Waals surface area contributed by atoms with Crippen molar-refractivity contribution in [3.63, 3.8) is 0 Å². The van der Waals surface area contributed by atoms with Crippen molar-refractivity contribution < 1.29 is 13.9 Å². The second kappa shape index (κ2) is 6.14. The zero-order chi connectivity index (χ0) is 15.6. The van der Waals surface area contributed by atoms with E-state index < -0.39 is 17.7 Å². The van der Waals surface area contributed by atoms with Crippen molar-refractivity contribution in [1.82, 2.24) is 0 Å². The number of halogens is 1. The predicted octanol–water partition coefficient (Wildman–Crippen LogP) is 3.83. The summed E-state index contributed by atoms with van der Waals surface area (Å²) in [6.45, 7) is 4.97. The highest BCUT2D eigenvalue weighted by molar-refractivity contribution is 6.31. The number of hydrogen-bond acceptors (Lipinski definition) is 4. The van der Waals surface area contributed by atoms with Crippen LogP contribution in [-0.4, -0.2) is 5.97 Å². The SMILES string of the molecule is Cc1cc(=O)oc(C)c1C(=O)OC(C)c1ccccc1Cl. The normalized spacial score (nSPS) is 12.0. The molecule has 0 spiro atoms. The number of aryl methyl sites for hydroxylation is 2. The van der Waals surface area contributed by atoms with E-state index in [1.165, 1.54) is 6.07 Å².